The van der Waals surface area contributed by atoms with Crippen molar-refractivity contribution in [3.8, 4) is 6.07 Å². The second-order valence-corrected chi connectivity index (χ2v) is 7.32. The fourth-order valence-corrected chi connectivity index (χ4v) is 4.53. The van der Waals surface area contributed by atoms with Crippen molar-refractivity contribution in [3.05, 3.63) is 76.9 Å². The number of hydrogen-bond acceptors (Lipinski definition) is 2. The van der Waals surface area contributed by atoms with Gasteiger partial charge in [0.05, 0.1) is 11.6 Å². The van der Waals surface area contributed by atoms with E-state index in [1.807, 2.05) is 12.1 Å². The fourth-order valence-electron chi connectivity index (χ4n) is 4.53. The molecule has 0 spiro atoms. The average Bonchev–Trinajstić information content (AvgIpc) is 2.62. The van der Waals surface area contributed by atoms with Gasteiger partial charge in [-0.25, -0.2) is 0 Å². The Bertz CT molecular complexity index is 829. The van der Waals surface area contributed by atoms with Crippen molar-refractivity contribution in [2.24, 2.45) is 0 Å². The lowest BCUT2D eigenvalue weighted by molar-refractivity contribution is 0.0951. The van der Waals surface area contributed by atoms with Crippen molar-refractivity contribution in [2.75, 3.05) is 0 Å². The monoisotopic (exact) mass is 328 g/mol. The van der Waals surface area contributed by atoms with Gasteiger partial charge >= 0.3 is 0 Å². The molecule has 2 atom stereocenters. The van der Waals surface area contributed by atoms with Gasteiger partial charge in [-0.2, -0.15) is 5.26 Å². The third kappa shape index (κ3) is 3.13. The normalized spacial score (nSPS) is 23.0. The molecule has 2 heteroatoms. The molecule has 0 amide bonds. The molecule has 126 valence electrons. The Kier molecular flexibility index (Phi) is 4.42. The lowest BCUT2D eigenvalue weighted by Gasteiger charge is -2.45. The summed E-state index contributed by atoms with van der Waals surface area (Å²) in [7, 11) is 0. The molecule has 0 N–H and O–H groups in total. The van der Waals surface area contributed by atoms with Crippen LogP contribution in [0.15, 0.2) is 54.6 Å². The summed E-state index contributed by atoms with van der Waals surface area (Å²) in [6.07, 6.45) is 7.29. The zero-order valence-electron chi connectivity index (χ0n) is 14.8. The van der Waals surface area contributed by atoms with Gasteiger partial charge in [0.2, 0.25) is 0 Å². The van der Waals surface area contributed by atoms with Crippen molar-refractivity contribution < 1.29 is 0 Å². The molecule has 2 heterocycles. The highest BCUT2D eigenvalue weighted by atomic mass is 15.2. The zero-order valence-corrected chi connectivity index (χ0v) is 14.8. The maximum Gasteiger partial charge on any atom is 0.0998 e. The molecule has 0 radical (unpaired) electrons. The van der Waals surface area contributed by atoms with E-state index in [9.17, 15) is 5.26 Å². The Morgan fingerprint density at radius 1 is 1.08 bits per heavy atom. The molecule has 2 bridgehead atoms. The standard InChI is InChI=1S/C23H24N2/c1-17-7-5-10-19(15-24)23(17)20-13-21-11-6-12-22(14-20)25(21)16-18-8-3-2-4-9-18/h2-5,7-10,13,21-22H,6,11-12,14,16H2,1H3. The number of aryl methyl sites for hydroxylation is 1. The van der Waals surface area contributed by atoms with Crippen LogP contribution in [0, 0.1) is 18.3 Å². The van der Waals surface area contributed by atoms with E-state index < -0.39 is 0 Å². The van der Waals surface area contributed by atoms with Gasteiger partial charge in [0, 0.05) is 18.6 Å². The van der Waals surface area contributed by atoms with Gasteiger partial charge in [0.15, 0.2) is 0 Å². The molecule has 2 aliphatic heterocycles. The fraction of sp³-hybridized carbons (Fsp3) is 0.348. The highest BCUT2D eigenvalue weighted by molar-refractivity contribution is 5.74. The molecule has 0 aromatic heterocycles. The van der Waals surface area contributed by atoms with E-state index in [1.165, 1.54) is 41.5 Å². The SMILES string of the molecule is Cc1cccc(C#N)c1C1=CC2CCCC(C1)N2Cc1ccccc1. The van der Waals surface area contributed by atoms with Crippen molar-refractivity contribution in [3.63, 3.8) is 0 Å². The van der Waals surface area contributed by atoms with Crippen LogP contribution in [0.5, 0.6) is 0 Å². The molecule has 2 unspecified atom stereocenters. The Labute approximate surface area is 150 Å². The highest BCUT2D eigenvalue weighted by Crippen LogP contribution is 2.39. The topological polar surface area (TPSA) is 27.0 Å². The molecule has 0 saturated carbocycles. The quantitative estimate of drug-likeness (QED) is 0.786. The molecule has 2 nitrogen and oxygen atoms in total. The molecule has 2 aliphatic rings. The first-order chi connectivity index (χ1) is 12.3. The van der Waals surface area contributed by atoms with Gasteiger partial charge in [-0.1, -0.05) is 55.0 Å². The first kappa shape index (κ1) is 16.1. The van der Waals surface area contributed by atoms with Crippen LogP contribution in [0.1, 0.15) is 47.9 Å². The lowest BCUT2D eigenvalue weighted by atomic mass is 9.80. The van der Waals surface area contributed by atoms with Gasteiger partial charge < -0.3 is 0 Å². The molecule has 1 saturated heterocycles. The summed E-state index contributed by atoms with van der Waals surface area (Å²) < 4.78 is 0. The smallest absolute Gasteiger partial charge is 0.0998 e. The summed E-state index contributed by atoms with van der Waals surface area (Å²) in [6, 6.07) is 20.3. The second-order valence-electron chi connectivity index (χ2n) is 7.32. The first-order valence-electron chi connectivity index (χ1n) is 9.26. The number of nitriles is 1. The van der Waals surface area contributed by atoms with Crippen molar-refractivity contribution >= 4 is 5.57 Å². The molecule has 1 fully saturated rings. The summed E-state index contributed by atoms with van der Waals surface area (Å²) in [4.78, 5) is 2.67. The van der Waals surface area contributed by atoms with Crippen LogP contribution >= 0.6 is 0 Å². The Balaban J connectivity index is 1.67. The first-order valence-corrected chi connectivity index (χ1v) is 9.26. The van der Waals surface area contributed by atoms with Crippen LogP contribution in [0.2, 0.25) is 0 Å². The van der Waals surface area contributed by atoms with Gasteiger partial charge in [0.1, 0.15) is 0 Å². The molecule has 2 aromatic carbocycles. The minimum Gasteiger partial charge on any atom is -0.289 e. The van der Waals surface area contributed by atoms with E-state index >= 15 is 0 Å². The van der Waals surface area contributed by atoms with Gasteiger partial charge in [-0.3, -0.25) is 4.90 Å². The summed E-state index contributed by atoms with van der Waals surface area (Å²) >= 11 is 0. The van der Waals surface area contributed by atoms with Crippen molar-refractivity contribution in [2.45, 2.75) is 51.2 Å². The lowest BCUT2D eigenvalue weighted by Crippen LogP contribution is -2.47. The minimum atomic E-state index is 0.494. The third-order valence-corrected chi connectivity index (χ3v) is 5.70. The van der Waals surface area contributed by atoms with Gasteiger partial charge in [0.25, 0.3) is 0 Å². The molecule has 25 heavy (non-hydrogen) atoms. The Hall–Kier alpha value is -2.37. The molecule has 0 aliphatic carbocycles. The van der Waals surface area contributed by atoms with Gasteiger partial charge in [-0.15, -0.1) is 0 Å². The molecular weight excluding hydrogens is 304 g/mol. The summed E-state index contributed by atoms with van der Waals surface area (Å²) in [5.74, 6) is 0. The zero-order chi connectivity index (χ0) is 17.2. The van der Waals surface area contributed by atoms with E-state index in [4.69, 9.17) is 0 Å². The van der Waals surface area contributed by atoms with Crippen LogP contribution in [0.4, 0.5) is 0 Å². The highest BCUT2D eigenvalue weighted by Gasteiger charge is 2.34. The number of benzene rings is 2. The predicted molar refractivity (Wildman–Crippen MR) is 102 cm³/mol. The maximum absolute atomic E-state index is 9.54. The molecule has 4 rings (SSSR count). The largest absolute Gasteiger partial charge is 0.289 e. The summed E-state index contributed by atoms with van der Waals surface area (Å²) in [6.45, 7) is 3.15. The van der Waals surface area contributed by atoms with Crippen LogP contribution in [0.3, 0.4) is 0 Å². The average molecular weight is 328 g/mol. The molecular formula is C23H24N2. The van der Waals surface area contributed by atoms with Crippen molar-refractivity contribution in [1.29, 1.82) is 5.26 Å². The van der Waals surface area contributed by atoms with Crippen LogP contribution < -0.4 is 0 Å². The molecule has 2 aromatic rings. The number of fused-ring (bicyclic) bond motifs is 2. The summed E-state index contributed by atoms with van der Waals surface area (Å²) in [5.41, 5.74) is 6.00. The minimum absolute atomic E-state index is 0.494. The second kappa shape index (κ2) is 6.86. The van der Waals surface area contributed by atoms with E-state index in [0.29, 0.717) is 12.1 Å². The predicted octanol–water partition coefficient (Wildman–Crippen LogP) is 5.08. The van der Waals surface area contributed by atoms with E-state index in [-0.39, 0.29) is 0 Å². The van der Waals surface area contributed by atoms with Crippen LogP contribution in [-0.2, 0) is 6.54 Å². The third-order valence-electron chi connectivity index (χ3n) is 5.70. The van der Waals surface area contributed by atoms with Crippen molar-refractivity contribution in [1.82, 2.24) is 4.90 Å². The summed E-state index contributed by atoms with van der Waals surface area (Å²) in [5, 5.41) is 9.54. The maximum atomic E-state index is 9.54. The number of nitrogens with zero attached hydrogens (tertiary/aromatic N) is 2. The Morgan fingerprint density at radius 3 is 2.68 bits per heavy atom. The van der Waals surface area contributed by atoms with E-state index in [0.717, 1.165) is 18.5 Å². The number of hydrogen-bond donors (Lipinski definition) is 0. The van der Waals surface area contributed by atoms with Gasteiger partial charge in [-0.05, 0) is 54.5 Å². The van der Waals surface area contributed by atoms with E-state index in [1.54, 1.807) is 0 Å². The number of rotatable bonds is 3. The van der Waals surface area contributed by atoms with Crippen LogP contribution in [0.25, 0.3) is 5.57 Å². The van der Waals surface area contributed by atoms with Crippen LogP contribution in [-0.4, -0.2) is 17.0 Å². The van der Waals surface area contributed by atoms with E-state index in [2.05, 4.69) is 60.4 Å². The Morgan fingerprint density at radius 2 is 1.92 bits per heavy atom. The number of piperidine rings is 1.